The Morgan fingerprint density at radius 3 is 2.81 bits per heavy atom. The number of aromatic nitrogens is 1. The molecule has 0 saturated heterocycles. The molecule has 2 rings (SSSR count). The summed E-state index contributed by atoms with van der Waals surface area (Å²) < 4.78 is 2.50. The van der Waals surface area contributed by atoms with Crippen LogP contribution in [-0.2, 0) is 6.54 Å². The van der Waals surface area contributed by atoms with Crippen molar-refractivity contribution >= 4 is 44.8 Å². The number of aryl methyl sites for hydroxylation is 1. The molecule has 1 heterocycles. The van der Waals surface area contributed by atoms with Crippen molar-refractivity contribution in [2.24, 2.45) is 0 Å². The van der Waals surface area contributed by atoms with Crippen LogP contribution < -0.4 is 5.32 Å². The van der Waals surface area contributed by atoms with Crippen molar-refractivity contribution < 1.29 is 9.72 Å². The predicted octanol–water partition coefficient (Wildman–Crippen LogP) is 4.08. The highest BCUT2D eigenvalue weighted by Gasteiger charge is 2.19. The average Bonchev–Trinajstić information content (AvgIpc) is 2.81. The number of hydrogen-bond donors (Lipinski definition) is 1. The Hall–Kier alpha value is -1.86. The van der Waals surface area contributed by atoms with E-state index in [1.807, 2.05) is 6.92 Å². The van der Waals surface area contributed by atoms with Crippen LogP contribution in [0.2, 0.25) is 5.02 Å². The average molecular weight is 373 g/mol. The number of nitrogens with one attached hydrogen (secondary N) is 1. The lowest BCUT2D eigenvalue weighted by atomic mass is 10.2. The summed E-state index contributed by atoms with van der Waals surface area (Å²) in [4.78, 5) is 22.7. The lowest BCUT2D eigenvalue weighted by molar-refractivity contribution is -0.383. The number of rotatable bonds is 4. The second kappa shape index (κ2) is 6.28. The lowest BCUT2D eigenvalue weighted by Crippen LogP contribution is -2.17. The minimum atomic E-state index is -0.587. The van der Waals surface area contributed by atoms with Crippen molar-refractivity contribution in [3.8, 4) is 0 Å². The highest BCUT2D eigenvalue weighted by Crippen LogP contribution is 2.28. The van der Waals surface area contributed by atoms with Crippen molar-refractivity contribution in [1.82, 2.24) is 4.57 Å². The van der Waals surface area contributed by atoms with Gasteiger partial charge in [0.05, 0.1) is 4.92 Å². The summed E-state index contributed by atoms with van der Waals surface area (Å²) in [5.74, 6) is -0.423. The standard InChI is InChI=1S/C13H11BrClN3O3/c1-2-17-7-8(14)5-12(17)13(19)16-10-4-3-9(15)6-11(10)18(20)21/h3-7H,2H2,1H3,(H,16,19). The quantitative estimate of drug-likeness (QED) is 0.649. The molecule has 2 aromatic rings. The third-order valence-electron chi connectivity index (χ3n) is 2.84. The molecule has 110 valence electrons. The minimum Gasteiger partial charge on any atom is -0.343 e. The van der Waals surface area contributed by atoms with E-state index in [2.05, 4.69) is 21.2 Å². The van der Waals surface area contributed by atoms with E-state index in [1.54, 1.807) is 16.8 Å². The van der Waals surface area contributed by atoms with Crippen LogP contribution in [0, 0.1) is 10.1 Å². The molecule has 1 N–H and O–H groups in total. The van der Waals surface area contributed by atoms with Crippen molar-refractivity contribution in [1.29, 1.82) is 0 Å². The Morgan fingerprint density at radius 2 is 2.19 bits per heavy atom. The van der Waals surface area contributed by atoms with Crippen LogP contribution in [0.4, 0.5) is 11.4 Å². The van der Waals surface area contributed by atoms with Crippen molar-refractivity contribution in [3.05, 3.63) is 55.8 Å². The zero-order chi connectivity index (χ0) is 15.6. The zero-order valence-corrected chi connectivity index (χ0v) is 13.3. The third-order valence-corrected chi connectivity index (χ3v) is 3.51. The number of carbonyl (C=O) groups excluding carboxylic acids is 1. The van der Waals surface area contributed by atoms with E-state index < -0.39 is 10.8 Å². The van der Waals surface area contributed by atoms with Gasteiger partial charge >= 0.3 is 0 Å². The van der Waals surface area contributed by atoms with Gasteiger partial charge in [-0.1, -0.05) is 11.6 Å². The van der Waals surface area contributed by atoms with E-state index >= 15 is 0 Å². The fourth-order valence-corrected chi connectivity index (χ4v) is 2.51. The van der Waals surface area contributed by atoms with Crippen LogP contribution in [-0.4, -0.2) is 15.4 Å². The van der Waals surface area contributed by atoms with Crippen molar-refractivity contribution in [3.63, 3.8) is 0 Å². The number of nitro groups is 1. The van der Waals surface area contributed by atoms with Gasteiger partial charge in [-0.15, -0.1) is 0 Å². The van der Waals surface area contributed by atoms with E-state index in [0.717, 1.165) is 4.47 Å². The highest BCUT2D eigenvalue weighted by atomic mass is 79.9. The number of anilines is 1. The zero-order valence-electron chi connectivity index (χ0n) is 11.0. The summed E-state index contributed by atoms with van der Waals surface area (Å²) >= 11 is 9.04. The smallest absolute Gasteiger partial charge is 0.294 e. The summed E-state index contributed by atoms with van der Waals surface area (Å²) in [6.45, 7) is 2.50. The van der Waals surface area contributed by atoms with Gasteiger partial charge in [-0.05, 0) is 41.1 Å². The number of hydrogen-bond acceptors (Lipinski definition) is 3. The van der Waals surface area contributed by atoms with Gasteiger partial charge in [0.25, 0.3) is 11.6 Å². The summed E-state index contributed by atoms with van der Waals surface area (Å²) in [6, 6.07) is 5.75. The number of benzene rings is 1. The van der Waals surface area contributed by atoms with Gasteiger partial charge in [0.15, 0.2) is 0 Å². The van der Waals surface area contributed by atoms with Crippen LogP contribution >= 0.6 is 27.5 Å². The largest absolute Gasteiger partial charge is 0.343 e. The SMILES string of the molecule is CCn1cc(Br)cc1C(=O)Nc1ccc(Cl)cc1[N+](=O)[O-]. The van der Waals surface area contributed by atoms with Gasteiger partial charge in [-0.25, -0.2) is 0 Å². The molecule has 1 aromatic heterocycles. The van der Waals surface area contributed by atoms with Crippen LogP contribution in [0.3, 0.4) is 0 Å². The molecule has 0 fully saturated rings. The normalized spacial score (nSPS) is 10.4. The van der Waals surface area contributed by atoms with Crippen LogP contribution in [0.5, 0.6) is 0 Å². The minimum absolute atomic E-state index is 0.106. The Balaban J connectivity index is 2.33. The van der Waals surface area contributed by atoms with Crippen LogP contribution in [0.25, 0.3) is 0 Å². The first-order chi connectivity index (χ1) is 9.92. The molecule has 0 unspecified atom stereocenters. The highest BCUT2D eigenvalue weighted by molar-refractivity contribution is 9.10. The molecule has 8 heteroatoms. The molecule has 0 saturated carbocycles. The molecular formula is C13H11BrClN3O3. The van der Waals surface area contributed by atoms with Gasteiger partial charge < -0.3 is 9.88 Å². The summed E-state index contributed by atoms with van der Waals surface area (Å²) in [5.41, 5.74) is 0.271. The van der Waals surface area contributed by atoms with Gasteiger partial charge in [0.2, 0.25) is 0 Å². The molecule has 0 aliphatic carbocycles. The molecule has 21 heavy (non-hydrogen) atoms. The molecule has 0 radical (unpaired) electrons. The molecule has 0 spiro atoms. The summed E-state index contributed by atoms with van der Waals surface area (Å²) in [7, 11) is 0. The predicted molar refractivity (Wildman–Crippen MR) is 83.9 cm³/mol. The van der Waals surface area contributed by atoms with Gasteiger partial charge in [0, 0.05) is 28.3 Å². The van der Waals surface area contributed by atoms with E-state index in [9.17, 15) is 14.9 Å². The summed E-state index contributed by atoms with van der Waals surface area (Å²) in [6.07, 6.45) is 1.77. The molecule has 6 nitrogen and oxygen atoms in total. The van der Waals surface area contributed by atoms with E-state index in [1.165, 1.54) is 18.2 Å². The van der Waals surface area contributed by atoms with Gasteiger partial charge in [-0.2, -0.15) is 0 Å². The molecular weight excluding hydrogens is 362 g/mol. The molecule has 1 amide bonds. The topological polar surface area (TPSA) is 77.2 Å². The molecule has 0 aliphatic rings. The van der Waals surface area contributed by atoms with Crippen LogP contribution in [0.1, 0.15) is 17.4 Å². The fourth-order valence-electron chi connectivity index (χ4n) is 1.87. The Kier molecular flexibility index (Phi) is 4.64. The lowest BCUT2D eigenvalue weighted by Gasteiger charge is -2.08. The molecule has 0 bridgehead atoms. The van der Waals surface area contributed by atoms with E-state index in [0.29, 0.717) is 12.2 Å². The number of carbonyl (C=O) groups is 1. The monoisotopic (exact) mass is 371 g/mol. The maximum absolute atomic E-state index is 12.3. The summed E-state index contributed by atoms with van der Waals surface area (Å²) in [5, 5.41) is 13.8. The van der Waals surface area contributed by atoms with E-state index in [4.69, 9.17) is 11.6 Å². The Morgan fingerprint density at radius 1 is 1.48 bits per heavy atom. The third kappa shape index (κ3) is 3.43. The first kappa shape index (κ1) is 15.5. The first-order valence-corrected chi connectivity index (χ1v) is 7.20. The Labute approximate surface area is 134 Å². The maximum Gasteiger partial charge on any atom is 0.294 e. The van der Waals surface area contributed by atoms with E-state index in [-0.39, 0.29) is 16.4 Å². The Bertz CT molecular complexity index is 715. The van der Waals surface area contributed by atoms with Gasteiger partial charge in [-0.3, -0.25) is 14.9 Å². The maximum atomic E-state index is 12.3. The first-order valence-electron chi connectivity index (χ1n) is 6.03. The number of nitrogens with zero attached hydrogens (tertiary/aromatic N) is 2. The van der Waals surface area contributed by atoms with Crippen molar-refractivity contribution in [2.75, 3.05) is 5.32 Å². The second-order valence-corrected chi connectivity index (χ2v) is 5.55. The second-order valence-electron chi connectivity index (χ2n) is 4.20. The molecule has 1 aromatic carbocycles. The van der Waals surface area contributed by atoms with Crippen molar-refractivity contribution in [2.45, 2.75) is 13.5 Å². The number of amides is 1. The van der Waals surface area contributed by atoms with Crippen LogP contribution in [0.15, 0.2) is 34.9 Å². The molecule has 0 aliphatic heterocycles. The number of nitro benzene ring substituents is 1. The molecule has 0 atom stereocenters. The fraction of sp³-hybridized carbons (Fsp3) is 0.154. The van der Waals surface area contributed by atoms with Gasteiger partial charge in [0.1, 0.15) is 11.4 Å². The number of halogens is 2.